The van der Waals surface area contributed by atoms with Crippen molar-refractivity contribution >= 4 is 119 Å². The standard InChI is InChI=1S/C42H29NO.C42H29NS.C36H25NS/c2*1-4-12-29(13-5-1)34-24-35(30-14-6-2-7-15-30)26-36(25-34)43-40-22-20-32(27-38(40)31-16-8-3-9-17-31)33-21-23-42-39(28-33)37-18-10-11-19-41(37)44-42;1-3-9-25(10-4-1)26-15-19-30(20-16-26)37-34-21-17-28(23-32(34)27-11-5-2-6-12-27)29-18-22-36-33(24-29)31-13-7-8-14-35(31)38-36/h2*1-28,43H;1-24,37H. The first kappa shape index (κ1) is 77.4. The molecule has 0 radical (unpaired) electrons. The van der Waals surface area contributed by atoms with Crippen molar-refractivity contribution in [3.8, 4) is 122 Å². The summed E-state index contributed by atoms with van der Waals surface area (Å²) in [4.78, 5) is 0. The number of para-hydroxylation sites is 1. The van der Waals surface area contributed by atoms with Crippen LogP contribution in [-0.4, -0.2) is 0 Å². The van der Waals surface area contributed by atoms with Gasteiger partial charge in [0.05, 0.1) is 0 Å². The maximum absolute atomic E-state index is 6.09. The van der Waals surface area contributed by atoms with Gasteiger partial charge in [-0.3, -0.25) is 0 Å². The minimum absolute atomic E-state index is 0.907. The number of rotatable bonds is 17. The van der Waals surface area contributed by atoms with Crippen LogP contribution in [0.15, 0.2) is 490 Å². The van der Waals surface area contributed by atoms with Crippen LogP contribution in [0.5, 0.6) is 0 Å². The fraction of sp³-hybridized carbons (Fsp3) is 0. The number of furan rings is 1. The number of thiophene rings is 2. The molecule has 3 heterocycles. The van der Waals surface area contributed by atoms with Gasteiger partial charge >= 0.3 is 0 Å². The average Bonchev–Trinajstić information content (AvgIpc) is 1.60. The SMILES string of the molecule is c1ccc(-c2cc(Nc3ccc(-c4ccc5oc6ccccc6c5c4)cc3-c3ccccc3)cc(-c3ccccc3)c2)cc1.c1ccc(-c2cc(Nc3ccc(-c4ccc5sc6ccccc6c5c4)cc3-c3ccccc3)cc(-c3ccccc3)c2)cc1.c1ccc(-c2ccc(Nc3ccc(-c4ccc5sc6ccccc6c5c4)cc3-c3ccccc3)cc2)cc1. The van der Waals surface area contributed by atoms with Gasteiger partial charge in [-0.05, 0) is 245 Å². The number of hydrogen-bond donors (Lipinski definition) is 3. The molecule has 23 aromatic rings. The van der Waals surface area contributed by atoms with E-state index >= 15 is 0 Å². The quantitative estimate of drug-likeness (QED) is 0.0850. The summed E-state index contributed by atoms with van der Waals surface area (Å²) in [6, 6.07) is 173. The van der Waals surface area contributed by atoms with Crippen molar-refractivity contribution < 1.29 is 4.42 Å². The van der Waals surface area contributed by atoms with Crippen molar-refractivity contribution in [2.75, 3.05) is 16.0 Å². The Hall–Kier alpha value is -16.0. The van der Waals surface area contributed by atoms with Crippen LogP contribution in [0.3, 0.4) is 0 Å². The molecular formula is C120H83N3OS2. The zero-order valence-corrected chi connectivity index (χ0v) is 70.5. The predicted octanol–water partition coefficient (Wildman–Crippen LogP) is 35.3. The first-order valence-corrected chi connectivity index (χ1v) is 44.3. The fourth-order valence-corrected chi connectivity index (χ4v) is 19.4. The highest BCUT2D eigenvalue weighted by Crippen LogP contribution is 2.45. The monoisotopic (exact) mass is 1650 g/mol. The van der Waals surface area contributed by atoms with Gasteiger partial charge < -0.3 is 20.4 Å². The molecule has 0 atom stereocenters. The number of hydrogen-bond acceptors (Lipinski definition) is 6. The van der Waals surface area contributed by atoms with E-state index in [1.165, 1.54) is 140 Å². The van der Waals surface area contributed by atoms with Gasteiger partial charge in [0.1, 0.15) is 11.2 Å². The first-order chi connectivity index (χ1) is 62.4. The van der Waals surface area contributed by atoms with Gasteiger partial charge in [-0.15, -0.1) is 22.7 Å². The van der Waals surface area contributed by atoms with Crippen molar-refractivity contribution in [2.24, 2.45) is 0 Å². The lowest BCUT2D eigenvalue weighted by molar-refractivity contribution is 0.669. The zero-order chi connectivity index (χ0) is 83.9. The van der Waals surface area contributed by atoms with E-state index in [0.29, 0.717) is 0 Å². The maximum atomic E-state index is 6.09. The molecule has 0 aliphatic carbocycles. The van der Waals surface area contributed by atoms with Crippen LogP contribution in [0.4, 0.5) is 34.1 Å². The summed E-state index contributed by atoms with van der Waals surface area (Å²) in [7, 11) is 0. The van der Waals surface area contributed by atoms with E-state index in [0.717, 1.165) is 78.3 Å². The molecule has 3 aromatic heterocycles. The molecule has 20 aromatic carbocycles. The molecular weight excluding hydrogens is 1560 g/mol. The summed E-state index contributed by atoms with van der Waals surface area (Å²) in [5.74, 6) is 0. The third-order valence-corrected chi connectivity index (χ3v) is 25.9. The number of benzene rings is 20. The highest BCUT2D eigenvalue weighted by Gasteiger charge is 2.19. The molecule has 0 aliphatic heterocycles. The van der Waals surface area contributed by atoms with E-state index in [9.17, 15) is 0 Å². The Balaban J connectivity index is 0.000000116. The second kappa shape index (κ2) is 35.2. The molecule has 0 saturated heterocycles. The van der Waals surface area contributed by atoms with Gasteiger partial charge in [-0.2, -0.15) is 0 Å². The second-order valence-corrected chi connectivity index (χ2v) is 33.9. The summed E-state index contributed by atoms with van der Waals surface area (Å²) in [6.07, 6.45) is 0. The number of fused-ring (bicyclic) bond motifs is 9. The molecule has 3 N–H and O–H groups in total. The molecule has 0 unspecified atom stereocenters. The van der Waals surface area contributed by atoms with Crippen LogP contribution in [-0.2, 0) is 0 Å². The molecule has 6 heteroatoms. The summed E-state index contributed by atoms with van der Waals surface area (Å²) in [6.45, 7) is 0. The van der Waals surface area contributed by atoms with E-state index in [-0.39, 0.29) is 0 Å². The summed E-state index contributed by atoms with van der Waals surface area (Å²) in [5, 5.41) is 18.9. The van der Waals surface area contributed by atoms with Crippen molar-refractivity contribution in [3.63, 3.8) is 0 Å². The van der Waals surface area contributed by atoms with Gasteiger partial charge in [0.2, 0.25) is 0 Å². The lowest BCUT2D eigenvalue weighted by atomic mass is 9.95. The van der Waals surface area contributed by atoms with Crippen LogP contribution in [0.1, 0.15) is 0 Å². The van der Waals surface area contributed by atoms with E-state index < -0.39 is 0 Å². The fourth-order valence-electron chi connectivity index (χ4n) is 17.2. The Bertz CT molecular complexity index is 7370. The van der Waals surface area contributed by atoms with E-state index in [2.05, 4.69) is 489 Å². The van der Waals surface area contributed by atoms with E-state index in [4.69, 9.17) is 4.42 Å². The van der Waals surface area contributed by atoms with Gasteiger partial charge in [0.15, 0.2) is 0 Å². The minimum Gasteiger partial charge on any atom is -0.456 e. The van der Waals surface area contributed by atoms with Crippen molar-refractivity contribution in [1.82, 2.24) is 0 Å². The molecule has 0 saturated carbocycles. The lowest BCUT2D eigenvalue weighted by Gasteiger charge is -2.17. The molecule has 596 valence electrons. The first-order valence-electron chi connectivity index (χ1n) is 42.7. The molecule has 126 heavy (non-hydrogen) atoms. The highest BCUT2D eigenvalue weighted by atomic mass is 32.1. The lowest BCUT2D eigenvalue weighted by Crippen LogP contribution is -1.96. The van der Waals surface area contributed by atoms with Crippen LogP contribution >= 0.6 is 22.7 Å². The van der Waals surface area contributed by atoms with E-state index in [1.54, 1.807) is 0 Å². The third-order valence-electron chi connectivity index (χ3n) is 23.6. The Morgan fingerprint density at radius 1 is 0.143 bits per heavy atom. The van der Waals surface area contributed by atoms with Crippen LogP contribution in [0.25, 0.3) is 185 Å². The molecule has 0 aliphatic rings. The topological polar surface area (TPSA) is 49.2 Å². The molecule has 23 rings (SSSR count). The summed E-state index contributed by atoms with van der Waals surface area (Å²) >= 11 is 3.72. The van der Waals surface area contributed by atoms with Crippen LogP contribution in [0.2, 0.25) is 0 Å². The van der Waals surface area contributed by atoms with Crippen molar-refractivity contribution in [3.05, 3.63) is 485 Å². The zero-order valence-electron chi connectivity index (χ0n) is 68.9. The van der Waals surface area contributed by atoms with E-state index in [1.807, 2.05) is 34.8 Å². The molecule has 0 bridgehead atoms. The van der Waals surface area contributed by atoms with Gasteiger partial charge in [0, 0.05) is 102 Å². The largest absolute Gasteiger partial charge is 0.456 e. The highest BCUT2D eigenvalue weighted by molar-refractivity contribution is 7.26. The Labute approximate surface area is 741 Å². The van der Waals surface area contributed by atoms with Gasteiger partial charge in [-0.25, -0.2) is 0 Å². The third kappa shape index (κ3) is 16.6. The maximum Gasteiger partial charge on any atom is 0.135 e. The van der Waals surface area contributed by atoms with Crippen molar-refractivity contribution in [2.45, 2.75) is 0 Å². The molecule has 0 fully saturated rings. The van der Waals surface area contributed by atoms with Crippen molar-refractivity contribution in [1.29, 1.82) is 0 Å². The smallest absolute Gasteiger partial charge is 0.135 e. The molecule has 0 spiro atoms. The molecule has 4 nitrogen and oxygen atoms in total. The Morgan fingerprint density at radius 2 is 0.397 bits per heavy atom. The van der Waals surface area contributed by atoms with Gasteiger partial charge in [0.25, 0.3) is 0 Å². The van der Waals surface area contributed by atoms with Gasteiger partial charge in [-0.1, -0.05) is 346 Å². The minimum atomic E-state index is 0.907. The summed E-state index contributed by atoms with van der Waals surface area (Å²) < 4.78 is 11.4. The normalized spacial score (nSPS) is 11.2. The predicted molar refractivity (Wildman–Crippen MR) is 541 cm³/mol. The summed E-state index contributed by atoms with van der Waals surface area (Å²) in [5.41, 5.74) is 34.4. The average molecular weight is 1650 g/mol. The second-order valence-electron chi connectivity index (χ2n) is 31.7. The van der Waals surface area contributed by atoms with Crippen LogP contribution < -0.4 is 16.0 Å². The Kier molecular flexibility index (Phi) is 21.6. The number of anilines is 6. The molecule has 0 amide bonds. The number of nitrogens with one attached hydrogen (secondary N) is 3. The van der Waals surface area contributed by atoms with Crippen LogP contribution in [0, 0.1) is 0 Å². The Morgan fingerprint density at radius 3 is 0.770 bits per heavy atom.